The lowest BCUT2D eigenvalue weighted by atomic mass is 10.0. The van der Waals surface area contributed by atoms with Crippen LogP contribution in [0.5, 0.6) is 5.75 Å². The van der Waals surface area contributed by atoms with E-state index in [1.54, 1.807) is 14.2 Å². The lowest BCUT2D eigenvalue weighted by Crippen LogP contribution is -2.17. The van der Waals surface area contributed by atoms with Crippen LogP contribution >= 0.6 is 0 Å². The highest BCUT2D eigenvalue weighted by atomic mass is 16.5. The molecule has 108 valence electrons. The highest BCUT2D eigenvalue weighted by Crippen LogP contribution is 2.28. The summed E-state index contributed by atoms with van der Waals surface area (Å²) in [6.07, 6.45) is 4.49. The summed E-state index contributed by atoms with van der Waals surface area (Å²) in [5, 5.41) is 15.3. The molecule has 0 spiro atoms. The maximum atomic E-state index is 9.06. The first-order chi connectivity index (χ1) is 9.26. The SMILES string of the molecule is CCCC(CCO)CNc1ncnc(NC)c1OC. The molecule has 0 amide bonds. The van der Waals surface area contributed by atoms with Gasteiger partial charge in [0.1, 0.15) is 6.33 Å². The van der Waals surface area contributed by atoms with E-state index in [-0.39, 0.29) is 6.61 Å². The van der Waals surface area contributed by atoms with Crippen LogP contribution < -0.4 is 15.4 Å². The lowest BCUT2D eigenvalue weighted by molar-refractivity contribution is 0.255. The molecule has 0 aliphatic heterocycles. The van der Waals surface area contributed by atoms with Crippen LogP contribution in [-0.4, -0.2) is 42.4 Å². The molecule has 1 rings (SSSR count). The van der Waals surface area contributed by atoms with Crippen molar-refractivity contribution in [3.63, 3.8) is 0 Å². The van der Waals surface area contributed by atoms with Crippen LogP contribution in [0.1, 0.15) is 26.2 Å². The molecule has 6 heteroatoms. The minimum absolute atomic E-state index is 0.217. The maximum Gasteiger partial charge on any atom is 0.204 e. The van der Waals surface area contributed by atoms with Crippen molar-refractivity contribution in [2.75, 3.05) is 37.9 Å². The Morgan fingerprint density at radius 3 is 2.63 bits per heavy atom. The van der Waals surface area contributed by atoms with Crippen molar-refractivity contribution in [1.29, 1.82) is 0 Å². The van der Waals surface area contributed by atoms with Crippen molar-refractivity contribution in [3.8, 4) is 5.75 Å². The van der Waals surface area contributed by atoms with Crippen molar-refractivity contribution in [2.45, 2.75) is 26.2 Å². The number of anilines is 2. The molecule has 1 unspecified atom stereocenters. The average Bonchev–Trinajstić information content (AvgIpc) is 2.44. The highest BCUT2D eigenvalue weighted by molar-refractivity contribution is 5.63. The molecule has 6 nitrogen and oxygen atoms in total. The molecule has 0 aliphatic rings. The van der Waals surface area contributed by atoms with Crippen molar-refractivity contribution in [2.24, 2.45) is 5.92 Å². The van der Waals surface area contributed by atoms with Crippen LogP contribution in [-0.2, 0) is 0 Å². The number of ether oxygens (including phenoxy) is 1. The summed E-state index contributed by atoms with van der Waals surface area (Å²) in [5.41, 5.74) is 0. The Kier molecular flexibility index (Phi) is 6.95. The molecule has 3 N–H and O–H groups in total. The topological polar surface area (TPSA) is 79.3 Å². The monoisotopic (exact) mass is 268 g/mol. The van der Waals surface area contributed by atoms with Crippen molar-refractivity contribution in [3.05, 3.63) is 6.33 Å². The van der Waals surface area contributed by atoms with Gasteiger partial charge in [-0.25, -0.2) is 9.97 Å². The van der Waals surface area contributed by atoms with E-state index in [1.807, 2.05) is 0 Å². The van der Waals surface area contributed by atoms with Gasteiger partial charge in [0.05, 0.1) is 7.11 Å². The van der Waals surface area contributed by atoms with Gasteiger partial charge in [-0.2, -0.15) is 0 Å². The first-order valence-electron chi connectivity index (χ1n) is 6.68. The summed E-state index contributed by atoms with van der Waals surface area (Å²) >= 11 is 0. The van der Waals surface area contributed by atoms with E-state index in [0.29, 0.717) is 23.3 Å². The normalized spacial score (nSPS) is 12.0. The molecular weight excluding hydrogens is 244 g/mol. The summed E-state index contributed by atoms with van der Waals surface area (Å²) in [4.78, 5) is 8.30. The van der Waals surface area contributed by atoms with Crippen LogP contribution in [0.25, 0.3) is 0 Å². The van der Waals surface area contributed by atoms with E-state index in [0.717, 1.165) is 25.8 Å². The van der Waals surface area contributed by atoms with E-state index >= 15 is 0 Å². The Morgan fingerprint density at radius 1 is 1.32 bits per heavy atom. The van der Waals surface area contributed by atoms with Gasteiger partial charge >= 0.3 is 0 Å². The molecule has 0 saturated carbocycles. The first-order valence-corrected chi connectivity index (χ1v) is 6.68. The van der Waals surface area contributed by atoms with Gasteiger partial charge < -0.3 is 20.5 Å². The third-order valence-corrected chi connectivity index (χ3v) is 3.04. The molecule has 1 aromatic rings. The Morgan fingerprint density at radius 2 is 2.05 bits per heavy atom. The fourth-order valence-electron chi connectivity index (χ4n) is 2.05. The Balaban J connectivity index is 2.70. The van der Waals surface area contributed by atoms with Crippen LogP contribution in [0.15, 0.2) is 6.33 Å². The number of methoxy groups -OCH3 is 1. The van der Waals surface area contributed by atoms with Gasteiger partial charge in [0.2, 0.25) is 5.75 Å². The number of aliphatic hydroxyl groups is 1. The summed E-state index contributed by atoms with van der Waals surface area (Å²) in [7, 11) is 3.39. The minimum Gasteiger partial charge on any atom is -0.490 e. The van der Waals surface area contributed by atoms with Crippen LogP contribution in [0.3, 0.4) is 0 Å². The van der Waals surface area contributed by atoms with Gasteiger partial charge in [0.25, 0.3) is 0 Å². The van der Waals surface area contributed by atoms with Crippen LogP contribution in [0.4, 0.5) is 11.6 Å². The summed E-state index contributed by atoms with van der Waals surface area (Å²) < 4.78 is 5.32. The minimum atomic E-state index is 0.217. The molecule has 1 aromatic heterocycles. The molecule has 0 aliphatic carbocycles. The summed E-state index contributed by atoms with van der Waals surface area (Å²) in [5.74, 6) is 2.40. The number of rotatable bonds is 9. The zero-order valence-corrected chi connectivity index (χ0v) is 11.9. The number of hydrogen-bond donors (Lipinski definition) is 3. The maximum absolute atomic E-state index is 9.06. The quantitative estimate of drug-likeness (QED) is 0.633. The Bertz CT molecular complexity index is 368. The van der Waals surface area contributed by atoms with Gasteiger partial charge in [-0.1, -0.05) is 13.3 Å². The molecule has 19 heavy (non-hydrogen) atoms. The van der Waals surface area contributed by atoms with E-state index in [9.17, 15) is 0 Å². The van der Waals surface area contributed by atoms with E-state index in [2.05, 4.69) is 27.5 Å². The van der Waals surface area contributed by atoms with Crippen LogP contribution in [0.2, 0.25) is 0 Å². The fourth-order valence-corrected chi connectivity index (χ4v) is 2.05. The predicted octanol–water partition coefficient (Wildman–Crippen LogP) is 1.74. The number of nitrogens with one attached hydrogen (secondary N) is 2. The van der Waals surface area contributed by atoms with Gasteiger partial charge in [-0.15, -0.1) is 0 Å². The zero-order chi connectivity index (χ0) is 14.1. The Hall–Kier alpha value is -1.56. The van der Waals surface area contributed by atoms with Crippen molar-refractivity contribution in [1.82, 2.24) is 9.97 Å². The molecule has 1 heterocycles. The molecular formula is C13H24N4O2. The molecule has 0 aromatic carbocycles. The van der Waals surface area contributed by atoms with Gasteiger partial charge in [0, 0.05) is 20.2 Å². The largest absolute Gasteiger partial charge is 0.490 e. The highest BCUT2D eigenvalue weighted by Gasteiger charge is 2.13. The lowest BCUT2D eigenvalue weighted by Gasteiger charge is -2.18. The molecule has 1 atom stereocenters. The third-order valence-electron chi connectivity index (χ3n) is 3.04. The Labute approximate surface area is 114 Å². The number of hydrogen-bond acceptors (Lipinski definition) is 6. The third kappa shape index (κ3) is 4.55. The number of aliphatic hydroxyl groups excluding tert-OH is 1. The first kappa shape index (κ1) is 15.5. The van der Waals surface area contributed by atoms with Gasteiger partial charge in [-0.3, -0.25) is 0 Å². The molecule has 0 bridgehead atoms. The van der Waals surface area contributed by atoms with E-state index in [4.69, 9.17) is 9.84 Å². The van der Waals surface area contributed by atoms with Crippen molar-refractivity contribution >= 4 is 11.6 Å². The number of aromatic nitrogens is 2. The second kappa shape index (κ2) is 8.53. The number of nitrogens with zero attached hydrogens (tertiary/aromatic N) is 2. The average molecular weight is 268 g/mol. The standard InChI is InChI=1S/C13H24N4O2/c1-4-5-10(6-7-18)8-15-13-11(19-3)12(14-2)16-9-17-13/h9-10,18H,4-8H2,1-3H3,(H2,14,15,16,17). The van der Waals surface area contributed by atoms with Gasteiger partial charge in [0.15, 0.2) is 11.6 Å². The molecule has 0 saturated heterocycles. The summed E-state index contributed by atoms with van der Waals surface area (Å²) in [6.45, 7) is 3.13. The molecule has 0 fully saturated rings. The fraction of sp³-hybridized carbons (Fsp3) is 0.692. The van der Waals surface area contributed by atoms with Crippen molar-refractivity contribution < 1.29 is 9.84 Å². The van der Waals surface area contributed by atoms with E-state index in [1.165, 1.54) is 6.33 Å². The smallest absolute Gasteiger partial charge is 0.204 e. The molecule has 0 radical (unpaired) electrons. The predicted molar refractivity (Wildman–Crippen MR) is 76.7 cm³/mol. The second-order valence-electron chi connectivity index (χ2n) is 4.40. The second-order valence-corrected chi connectivity index (χ2v) is 4.40. The summed E-state index contributed by atoms with van der Waals surface area (Å²) in [6, 6.07) is 0. The van der Waals surface area contributed by atoms with Crippen LogP contribution in [0, 0.1) is 5.92 Å². The van der Waals surface area contributed by atoms with Gasteiger partial charge in [-0.05, 0) is 18.8 Å². The zero-order valence-electron chi connectivity index (χ0n) is 11.9. The van der Waals surface area contributed by atoms with E-state index < -0.39 is 0 Å².